The van der Waals surface area contributed by atoms with Crippen LogP contribution in [0.25, 0.3) is 0 Å². The number of nitrogens with zero attached hydrogens (tertiary/aromatic N) is 2. The molecule has 1 aromatic heterocycles. The summed E-state index contributed by atoms with van der Waals surface area (Å²) in [6, 6.07) is 15.4. The highest BCUT2D eigenvalue weighted by Crippen LogP contribution is 2.39. The number of amides is 1. The lowest BCUT2D eigenvalue weighted by Crippen LogP contribution is -2.31. The third-order valence-electron chi connectivity index (χ3n) is 5.27. The molecule has 168 valence electrons. The number of ether oxygens (including phenoxy) is 2. The van der Waals surface area contributed by atoms with Crippen LogP contribution in [0.15, 0.2) is 66.1 Å². The van der Waals surface area contributed by atoms with E-state index in [4.69, 9.17) is 9.47 Å². The van der Waals surface area contributed by atoms with Gasteiger partial charge in [0.05, 0.1) is 18.8 Å². The number of aliphatic hydroxyl groups is 1. The Balaban J connectivity index is 1.55. The molecule has 8 heteroatoms. The molecule has 1 amide bonds. The van der Waals surface area contributed by atoms with Crippen LogP contribution in [0, 0.1) is 0 Å². The first kappa shape index (κ1) is 22.5. The summed E-state index contributed by atoms with van der Waals surface area (Å²) >= 11 is 1.65. The number of nitrogens with one attached hydrogen (secondary N) is 1. The van der Waals surface area contributed by atoms with Gasteiger partial charge < -0.3 is 24.5 Å². The summed E-state index contributed by atoms with van der Waals surface area (Å²) < 4.78 is 14.7. The first-order valence-electron chi connectivity index (χ1n) is 10.5. The molecule has 1 fully saturated rings. The van der Waals surface area contributed by atoms with E-state index < -0.39 is 6.29 Å². The number of thioether (sulfide) groups is 1. The van der Waals surface area contributed by atoms with E-state index in [-0.39, 0.29) is 24.7 Å². The molecule has 7 nitrogen and oxygen atoms in total. The number of carbonyl (C=O) groups excluding carboxylic acids is 1. The van der Waals surface area contributed by atoms with Crippen LogP contribution in [0.5, 0.6) is 0 Å². The van der Waals surface area contributed by atoms with Crippen molar-refractivity contribution in [3.63, 3.8) is 0 Å². The van der Waals surface area contributed by atoms with Crippen molar-refractivity contribution in [1.82, 2.24) is 9.55 Å². The van der Waals surface area contributed by atoms with Crippen LogP contribution in [-0.2, 0) is 27.9 Å². The van der Waals surface area contributed by atoms with Gasteiger partial charge in [0.1, 0.15) is 0 Å². The maximum absolute atomic E-state index is 11.5. The molecule has 2 aromatic carbocycles. The Bertz CT molecular complexity index is 1050. The zero-order valence-electron chi connectivity index (χ0n) is 18.1. The highest BCUT2D eigenvalue weighted by atomic mass is 32.2. The normalized spacial score (nSPS) is 20.8. The summed E-state index contributed by atoms with van der Waals surface area (Å²) in [5, 5.41) is 13.1. The van der Waals surface area contributed by atoms with Gasteiger partial charge in [0.15, 0.2) is 11.4 Å². The average Bonchev–Trinajstić information content (AvgIpc) is 3.22. The summed E-state index contributed by atoms with van der Waals surface area (Å²) in [6.07, 6.45) is 3.65. The van der Waals surface area contributed by atoms with Gasteiger partial charge in [0, 0.05) is 49.8 Å². The van der Waals surface area contributed by atoms with Gasteiger partial charge in [-0.1, -0.05) is 48.2 Å². The summed E-state index contributed by atoms with van der Waals surface area (Å²) in [5.41, 5.74) is 3.46. The van der Waals surface area contributed by atoms with Crippen LogP contribution >= 0.6 is 11.8 Å². The van der Waals surface area contributed by atoms with Gasteiger partial charge in [0.25, 0.3) is 0 Å². The van der Waals surface area contributed by atoms with E-state index in [1.54, 1.807) is 18.0 Å². The van der Waals surface area contributed by atoms with Crippen molar-refractivity contribution in [2.75, 3.05) is 11.1 Å². The number of anilines is 1. The fourth-order valence-corrected chi connectivity index (χ4v) is 4.60. The van der Waals surface area contributed by atoms with Crippen LogP contribution in [0.3, 0.4) is 0 Å². The van der Waals surface area contributed by atoms with Gasteiger partial charge >= 0.3 is 0 Å². The average molecular weight is 454 g/mol. The Morgan fingerprint density at radius 1 is 1.22 bits per heavy atom. The second-order valence-electron chi connectivity index (χ2n) is 7.79. The Kier molecular flexibility index (Phi) is 7.26. The number of aromatic nitrogens is 2. The molecular formula is C24H27N3O4S. The fourth-order valence-electron chi connectivity index (χ4n) is 3.65. The first-order chi connectivity index (χ1) is 15.5. The molecule has 0 bridgehead atoms. The van der Waals surface area contributed by atoms with Crippen LogP contribution in [-0.4, -0.2) is 32.4 Å². The Labute approximate surface area is 191 Å². The minimum atomic E-state index is -0.563. The Morgan fingerprint density at radius 3 is 2.72 bits per heavy atom. The molecule has 3 aromatic rings. The SMILES string of the molecule is CC(=O)Nc1cccc(C2OC(CSc3nccn3C)CC(c3ccc(CO)cc3)O2)c1. The van der Waals surface area contributed by atoms with E-state index in [1.165, 1.54) is 6.92 Å². The lowest BCUT2D eigenvalue weighted by atomic mass is 10.0. The summed E-state index contributed by atoms with van der Waals surface area (Å²) in [6.45, 7) is 1.49. The van der Waals surface area contributed by atoms with E-state index in [0.717, 1.165) is 27.6 Å². The second kappa shape index (κ2) is 10.3. The predicted molar refractivity (Wildman–Crippen MR) is 123 cm³/mol. The largest absolute Gasteiger partial charge is 0.392 e. The quantitative estimate of drug-likeness (QED) is 0.522. The molecule has 0 aliphatic carbocycles. The molecule has 1 aliphatic rings. The fraction of sp³-hybridized carbons (Fsp3) is 0.333. The highest BCUT2D eigenvalue weighted by molar-refractivity contribution is 7.99. The van der Waals surface area contributed by atoms with Crippen LogP contribution in [0.4, 0.5) is 5.69 Å². The first-order valence-corrected chi connectivity index (χ1v) is 11.5. The molecule has 0 spiro atoms. The van der Waals surface area contributed by atoms with E-state index in [9.17, 15) is 9.90 Å². The molecule has 1 aliphatic heterocycles. The monoisotopic (exact) mass is 453 g/mol. The minimum Gasteiger partial charge on any atom is -0.392 e. The van der Waals surface area contributed by atoms with E-state index in [0.29, 0.717) is 12.1 Å². The van der Waals surface area contributed by atoms with Gasteiger partial charge in [-0.3, -0.25) is 4.79 Å². The highest BCUT2D eigenvalue weighted by Gasteiger charge is 2.32. The molecular weight excluding hydrogens is 426 g/mol. The standard InChI is InChI=1S/C24H27N3O4S/c1-16(29)26-20-5-3-4-19(12-20)23-30-21(15-32-24-25-10-11-27(24)2)13-22(31-23)18-8-6-17(14-28)7-9-18/h3-12,21-23,28H,13-15H2,1-2H3,(H,26,29). The van der Waals surface area contributed by atoms with E-state index in [2.05, 4.69) is 10.3 Å². The number of hydrogen-bond acceptors (Lipinski definition) is 6. The number of carbonyl (C=O) groups is 1. The Hall–Kier alpha value is -2.65. The molecule has 0 saturated carbocycles. The van der Waals surface area contributed by atoms with Crippen molar-refractivity contribution in [2.24, 2.45) is 7.05 Å². The molecule has 4 rings (SSSR count). The Morgan fingerprint density at radius 2 is 2.03 bits per heavy atom. The van der Waals surface area contributed by atoms with Crippen molar-refractivity contribution in [2.45, 2.75) is 43.6 Å². The maximum Gasteiger partial charge on any atom is 0.221 e. The van der Waals surface area contributed by atoms with Gasteiger partial charge in [-0.15, -0.1) is 0 Å². The maximum atomic E-state index is 11.5. The lowest BCUT2D eigenvalue weighted by molar-refractivity contribution is -0.245. The minimum absolute atomic E-state index is 0.0103. The third kappa shape index (κ3) is 5.58. The van der Waals surface area contributed by atoms with Crippen molar-refractivity contribution >= 4 is 23.4 Å². The second-order valence-corrected chi connectivity index (χ2v) is 8.78. The number of aliphatic hydroxyl groups excluding tert-OH is 1. The molecule has 3 atom stereocenters. The molecule has 1 saturated heterocycles. The molecule has 2 heterocycles. The van der Waals surface area contributed by atoms with Crippen molar-refractivity contribution in [3.05, 3.63) is 77.6 Å². The summed E-state index contributed by atoms with van der Waals surface area (Å²) in [5.74, 6) is 0.611. The zero-order chi connectivity index (χ0) is 22.5. The number of hydrogen-bond donors (Lipinski definition) is 2. The van der Waals surface area contributed by atoms with Crippen LogP contribution in [0.2, 0.25) is 0 Å². The van der Waals surface area contributed by atoms with Crippen molar-refractivity contribution in [1.29, 1.82) is 0 Å². The molecule has 3 unspecified atom stereocenters. The number of benzene rings is 2. The smallest absolute Gasteiger partial charge is 0.221 e. The number of aryl methyl sites for hydroxylation is 1. The van der Waals surface area contributed by atoms with Gasteiger partial charge in [0.2, 0.25) is 5.91 Å². The van der Waals surface area contributed by atoms with Gasteiger partial charge in [-0.25, -0.2) is 4.98 Å². The van der Waals surface area contributed by atoms with Crippen molar-refractivity contribution < 1.29 is 19.4 Å². The molecule has 2 N–H and O–H groups in total. The summed E-state index contributed by atoms with van der Waals surface area (Å²) in [4.78, 5) is 15.9. The van der Waals surface area contributed by atoms with Gasteiger partial charge in [-0.2, -0.15) is 0 Å². The molecule has 0 radical (unpaired) electrons. The molecule has 32 heavy (non-hydrogen) atoms. The predicted octanol–water partition coefficient (Wildman–Crippen LogP) is 4.21. The lowest BCUT2D eigenvalue weighted by Gasteiger charge is -2.36. The number of rotatable bonds is 7. The van der Waals surface area contributed by atoms with E-state index >= 15 is 0 Å². The summed E-state index contributed by atoms with van der Waals surface area (Å²) in [7, 11) is 1.97. The number of imidazole rings is 1. The third-order valence-corrected chi connectivity index (χ3v) is 6.46. The van der Waals surface area contributed by atoms with E-state index in [1.807, 2.05) is 66.3 Å². The van der Waals surface area contributed by atoms with Crippen LogP contribution < -0.4 is 5.32 Å². The van der Waals surface area contributed by atoms with Crippen LogP contribution in [0.1, 0.15) is 42.4 Å². The van der Waals surface area contributed by atoms with Gasteiger partial charge in [-0.05, 0) is 23.3 Å². The zero-order valence-corrected chi connectivity index (χ0v) is 18.9. The topological polar surface area (TPSA) is 85.6 Å². The van der Waals surface area contributed by atoms with Crippen molar-refractivity contribution in [3.8, 4) is 0 Å².